The van der Waals surface area contributed by atoms with Gasteiger partial charge in [0.25, 0.3) is 0 Å². The Hall–Kier alpha value is -0.760. The van der Waals surface area contributed by atoms with Crippen LogP contribution in [0.4, 0.5) is 0 Å². The van der Waals surface area contributed by atoms with Crippen molar-refractivity contribution in [2.45, 2.75) is 32.9 Å². The van der Waals surface area contributed by atoms with Crippen molar-refractivity contribution >= 4 is 27.3 Å². The average molecular weight is 344 g/mol. The molecule has 19 heavy (non-hydrogen) atoms. The van der Waals surface area contributed by atoms with Gasteiger partial charge in [-0.1, -0.05) is 13.8 Å². The highest BCUT2D eigenvalue weighted by atomic mass is 79.9. The number of rotatable bonds is 6. The van der Waals surface area contributed by atoms with Crippen LogP contribution >= 0.6 is 27.3 Å². The van der Waals surface area contributed by atoms with Crippen molar-refractivity contribution in [1.82, 2.24) is 20.2 Å². The molecule has 0 aromatic carbocycles. The highest BCUT2D eigenvalue weighted by molar-refractivity contribution is 9.11. The zero-order chi connectivity index (χ0) is 13.8. The quantitative estimate of drug-likeness (QED) is 0.624. The van der Waals surface area contributed by atoms with Crippen LogP contribution in [0.1, 0.15) is 30.6 Å². The summed E-state index contributed by atoms with van der Waals surface area (Å²) in [7, 11) is 0. The van der Waals surface area contributed by atoms with Crippen molar-refractivity contribution in [3.8, 4) is 0 Å². The molecule has 0 radical (unpaired) electrons. The number of nitrogens with zero attached hydrogens (tertiary/aromatic N) is 3. The zero-order valence-electron chi connectivity index (χ0n) is 11.0. The standard InChI is InChI=1S/C12H18BrN5S/c1-8(2)6-18-12(15-7-16-18)5-9(17-14)10-3-4-11(13)19-10/h3-4,7-9,17H,5-6,14H2,1-2H3. The third-order valence-electron chi connectivity index (χ3n) is 2.76. The molecule has 0 aliphatic rings. The molecule has 0 saturated heterocycles. The molecule has 0 saturated carbocycles. The van der Waals surface area contributed by atoms with E-state index < -0.39 is 0 Å². The second-order valence-corrected chi connectivity index (χ2v) is 7.31. The lowest BCUT2D eigenvalue weighted by Crippen LogP contribution is -2.30. The van der Waals surface area contributed by atoms with Crippen LogP contribution in [-0.2, 0) is 13.0 Å². The topological polar surface area (TPSA) is 68.8 Å². The number of nitrogens with one attached hydrogen (secondary N) is 1. The molecule has 2 aromatic rings. The molecule has 1 atom stereocenters. The van der Waals surface area contributed by atoms with E-state index in [4.69, 9.17) is 5.84 Å². The van der Waals surface area contributed by atoms with E-state index in [0.29, 0.717) is 5.92 Å². The van der Waals surface area contributed by atoms with Crippen LogP contribution in [0.15, 0.2) is 22.2 Å². The monoisotopic (exact) mass is 343 g/mol. The van der Waals surface area contributed by atoms with Gasteiger partial charge in [0.05, 0.1) is 9.83 Å². The molecule has 2 heterocycles. The van der Waals surface area contributed by atoms with Crippen LogP contribution in [-0.4, -0.2) is 14.8 Å². The minimum absolute atomic E-state index is 0.0615. The van der Waals surface area contributed by atoms with Gasteiger partial charge >= 0.3 is 0 Å². The molecule has 0 aliphatic heterocycles. The highest BCUT2D eigenvalue weighted by Gasteiger charge is 2.16. The van der Waals surface area contributed by atoms with Crippen molar-refractivity contribution in [2.24, 2.45) is 11.8 Å². The first-order valence-corrected chi connectivity index (χ1v) is 7.79. The summed E-state index contributed by atoms with van der Waals surface area (Å²) in [6.07, 6.45) is 2.34. The fourth-order valence-corrected chi connectivity index (χ4v) is 3.37. The Kier molecular flexibility index (Phi) is 5.09. The lowest BCUT2D eigenvalue weighted by molar-refractivity contribution is 0.448. The minimum atomic E-state index is 0.0615. The van der Waals surface area contributed by atoms with E-state index in [1.165, 1.54) is 4.88 Å². The molecule has 7 heteroatoms. The first-order valence-electron chi connectivity index (χ1n) is 6.18. The molecular formula is C12H18BrN5S. The van der Waals surface area contributed by atoms with E-state index in [1.54, 1.807) is 17.7 Å². The summed E-state index contributed by atoms with van der Waals surface area (Å²) in [5.74, 6) is 7.17. The number of aromatic nitrogens is 3. The number of halogens is 1. The van der Waals surface area contributed by atoms with Crippen LogP contribution in [0.5, 0.6) is 0 Å². The predicted octanol–water partition coefficient (Wildman–Crippen LogP) is 2.51. The predicted molar refractivity (Wildman–Crippen MR) is 80.6 cm³/mol. The fourth-order valence-electron chi connectivity index (χ4n) is 1.88. The number of hydrazine groups is 1. The molecule has 1 unspecified atom stereocenters. The zero-order valence-corrected chi connectivity index (χ0v) is 13.4. The molecule has 2 rings (SSSR count). The second-order valence-electron chi connectivity index (χ2n) is 4.82. The van der Waals surface area contributed by atoms with Crippen LogP contribution in [0.3, 0.4) is 0 Å². The molecule has 0 amide bonds. The normalized spacial score (nSPS) is 13.1. The van der Waals surface area contributed by atoms with Crippen LogP contribution in [0, 0.1) is 5.92 Å². The molecule has 2 aromatic heterocycles. The van der Waals surface area contributed by atoms with Crippen molar-refractivity contribution in [3.63, 3.8) is 0 Å². The first-order chi connectivity index (χ1) is 9.10. The Bertz CT molecular complexity index is 522. The van der Waals surface area contributed by atoms with Crippen molar-refractivity contribution < 1.29 is 0 Å². The summed E-state index contributed by atoms with van der Waals surface area (Å²) in [6.45, 7) is 5.21. The highest BCUT2D eigenvalue weighted by Crippen LogP contribution is 2.28. The van der Waals surface area contributed by atoms with E-state index in [9.17, 15) is 0 Å². The largest absolute Gasteiger partial charge is 0.271 e. The Labute approximate surface area is 125 Å². The molecule has 5 nitrogen and oxygen atoms in total. The van der Waals surface area contributed by atoms with Gasteiger partial charge in [0.2, 0.25) is 0 Å². The average Bonchev–Trinajstić information content (AvgIpc) is 2.95. The summed E-state index contributed by atoms with van der Waals surface area (Å²) in [4.78, 5) is 5.53. The van der Waals surface area contributed by atoms with E-state index in [2.05, 4.69) is 51.4 Å². The van der Waals surface area contributed by atoms with Crippen molar-refractivity contribution in [1.29, 1.82) is 0 Å². The van der Waals surface area contributed by atoms with Crippen molar-refractivity contribution in [3.05, 3.63) is 32.9 Å². The fraction of sp³-hybridized carbons (Fsp3) is 0.500. The molecule has 104 valence electrons. The molecule has 3 N–H and O–H groups in total. The van der Waals surface area contributed by atoms with Crippen LogP contribution in [0.2, 0.25) is 0 Å². The van der Waals surface area contributed by atoms with E-state index in [-0.39, 0.29) is 6.04 Å². The summed E-state index contributed by atoms with van der Waals surface area (Å²) in [5.41, 5.74) is 2.86. The SMILES string of the molecule is CC(C)Cn1ncnc1CC(NN)c1ccc(Br)s1. The Balaban J connectivity index is 2.12. The van der Waals surface area contributed by atoms with Gasteiger partial charge < -0.3 is 0 Å². The van der Waals surface area contributed by atoms with Crippen LogP contribution < -0.4 is 11.3 Å². The molecule has 0 bridgehead atoms. The number of thiophene rings is 1. The summed E-state index contributed by atoms with van der Waals surface area (Å²) in [5, 5.41) is 4.27. The third kappa shape index (κ3) is 3.85. The van der Waals surface area contributed by atoms with Crippen molar-refractivity contribution in [2.75, 3.05) is 0 Å². The molecule has 0 fully saturated rings. The maximum Gasteiger partial charge on any atom is 0.138 e. The van der Waals surface area contributed by atoms with Gasteiger partial charge in [0.1, 0.15) is 12.2 Å². The first kappa shape index (κ1) is 14.6. The lowest BCUT2D eigenvalue weighted by atomic mass is 10.1. The lowest BCUT2D eigenvalue weighted by Gasteiger charge is -2.15. The number of hydrogen-bond donors (Lipinski definition) is 2. The van der Waals surface area contributed by atoms with Gasteiger partial charge in [-0.05, 0) is 34.0 Å². The minimum Gasteiger partial charge on any atom is -0.271 e. The molecular weight excluding hydrogens is 326 g/mol. The van der Waals surface area contributed by atoms with E-state index >= 15 is 0 Å². The van der Waals surface area contributed by atoms with E-state index in [0.717, 1.165) is 22.6 Å². The van der Waals surface area contributed by atoms with Gasteiger partial charge in [-0.2, -0.15) is 5.10 Å². The summed E-state index contributed by atoms with van der Waals surface area (Å²) in [6, 6.07) is 4.16. The smallest absolute Gasteiger partial charge is 0.138 e. The van der Waals surface area contributed by atoms with Gasteiger partial charge in [-0.25, -0.2) is 9.67 Å². The molecule has 0 aliphatic carbocycles. The maximum absolute atomic E-state index is 5.67. The number of nitrogens with two attached hydrogens (primary N) is 1. The van der Waals surface area contributed by atoms with Crippen LogP contribution in [0.25, 0.3) is 0 Å². The summed E-state index contributed by atoms with van der Waals surface area (Å²) >= 11 is 5.15. The summed E-state index contributed by atoms with van der Waals surface area (Å²) < 4.78 is 3.06. The van der Waals surface area contributed by atoms with Gasteiger partial charge in [0, 0.05) is 17.8 Å². The maximum atomic E-state index is 5.67. The second kappa shape index (κ2) is 6.60. The van der Waals surface area contributed by atoms with Gasteiger partial charge in [-0.15, -0.1) is 11.3 Å². The third-order valence-corrected chi connectivity index (χ3v) is 4.50. The van der Waals surface area contributed by atoms with Gasteiger partial charge in [0.15, 0.2) is 0 Å². The Morgan fingerprint density at radius 3 is 2.84 bits per heavy atom. The van der Waals surface area contributed by atoms with E-state index in [1.807, 2.05) is 10.7 Å². The van der Waals surface area contributed by atoms with Gasteiger partial charge in [-0.3, -0.25) is 11.3 Å². The molecule has 0 spiro atoms. The Morgan fingerprint density at radius 1 is 1.47 bits per heavy atom. The number of hydrogen-bond acceptors (Lipinski definition) is 5. The Morgan fingerprint density at radius 2 is 2.26 bits per heavy atom.